The molecule has 0 radical (unpaired) electrons. The average molecular weight is 254 g/mol. The minimum atomic E-state index is -0.520. The molecule has 0 aromatic carbocycles. The lowest BCUT2D eigenvalue weighted by Gasteiger charge is -2.43. The Bertz CT molecular complexity index is 311. The maximum Gasteiger partial charge on any atom is 0.237 e. The van der Waals surface area contributed by atoms with Crippen LogP contribution < -0.4 is 11.1 Å². The first-order chi connectivity index (χ1) is 8.44. The molecule has 4 nitrogen and oxygen atoms in total. The van der Waals surface area contributed by atoms with Crippen molar-refractivity contribution in [1.29, 1.82) is 0 Å². The van der Waals surface area contributed by atoms with E-state index in [1.54, 1.807) is 0 Å². The molecule has 1 saturated heterocycles. The predicted octanol–water partition coefficient (Wildman–Crippen LogP) is 1.58. The first-order valence-corrected chi connectivity index (χ1v) is 7.10. The van der Waals surface area contributed by atoms with E-state index < -0.39 is 5.54 Å². The predicted molar refractivity (Wildman–Crippen MR) is 71.2 cm³/mol. The van der Waals surface area contributed by atoms with Crippen LogP contribution in [-0.4, -0.2) is 30.7 Å². The molecule has 0 aromatic rings. The smallest absolute Gasteiger partial charge is 0.237 e. The number of rotatable bonds is 4. The number of hydrogen-bond acceptors (Lipinski definition) is 3. The highest BCUT2D eigenvalue weighted by molar-refractivity contribution is 5.84. The summed E-state index contributed by atoms with van der Waals surface area (Å²) in [6.07, 6.45) is 6.40. The number of carbonyl (C=O) groups is 1. The highest BCUT2D eigenvalue weighted by Gasteiger charge is 2.44. The number of carbonyl (C=O) groups excluding carboxylic acids is 1. The van der Waals surface area contributed by atoms with Crippen molar-refractivity contribution in [2.45, 2.75) is 64.0 Å². The van der Waals surface area contributed by atoms with E-state index in [1.807, 2.05) is 0 Å². The van der Waals surface area contributed by atoms with Crippen molar-refractivity contribution in [3.8, 4) is 0 Å². The number of primary amides is 1. The molecule has 18 heavy (non-hydrogen) atoms. The minimum Gasteiger partial charge on any atom is -0.377 e. The van der Waals surface area contributed by atoms with Gasteiger partial charge in [0.2, 0.25) is 5.91 Å². The molecule has 4 heteroatoms. The molecule has 1 amide bonds. The summed E-state index contributed by atoms with van der Waals surface area (Å²) in [5.74, 6) is -0.201. The molecule has 0 aromatic heterocycles. The Hall–Kier alpha value is -0.610. The molecule has 2 fully saturated rings. The van der Waals surface area contributed by atoms with Crippen LogP contribution in [0.1, 0.15) is 52.4 Å². The van der Waals surface area contributed by atoms with Crippen LogP contribution in [0.2, 0.25) is 0 Å². The third-order valence-corrected chi connectivity index (χ3v) is 4.40. The Morgan fingerprint density at radius 2 is 2.17 bits per heavy atom. The number of nitrogens with one attached hydrogen (secondary N) is 1. The van der Waals surface area contributed by atoms with Gasteiger partial charge in [-0.1, -0.05) is 20.3 Å². The summed E-state index contributed by atoms with van der Waals surface area (Å²) in [4.78, 5) is 11.9. The van der Waals surface area contributed by atoms with Crippen LogP contribution in [0.4, 0.5) is 0 Å². The van der Waals surface area contributed by atoms with Gasteiger partial charge in [-0.15, -0.1) is 0 Å². The van der Waals surface area contributed by atoms with Crippen LogP contribution in [-0.2, 0) is 9.53 Å². The third-order valence-electron chi connectivity index (χ3n) is 4.40. The topological polar surface area (TPSA) is 64.3 Å². The van der Waals surface area contributed by atoms with Crippen LogP contribution in [0.25, 0.3) is 0 Å². The Balaban J connectivity index is 1.99. The van der Waals surface area contributed by atoms with Crippen LogP contribution in [0.5, 0.6) is 0 Å². The molecule has 1 heterocycles. The molecule has 1 aliphatic heterocycles. The zero-order valence-electron chi connectivity index (χ0n) is 11.6. The minimum absolute atomic E-state index is 0.191. The molecule has 1 aliphatic carbocycles. The summed E-state index contributed by atoms with van der Waals surface area (Å²) in [7, 11) is 0. The lowest BCUT2D eigenvalue weighted by atomic mass is 9.67. The van der Waals surface area contributed by atoms with Crippen LogP contribution in [0, 0.1) is 5.41 Å². The second-order valence-electron chi connectivity index (χ2n) is 6.66. The van der Waals surface area contributed by atoms with E-state index in [4.69, 9.17) is 10.5 Å². The Morgan fingerprint density at radius 1 is 1.39 bits per heavy atom. The van der Waals surface area contributed by atoms with Gasteiger partial charge in [0.1, 0.15) is 0 Å². The normalized spacial score (nSPS) is 35.6. The van der Waals surface area contributed by atoms with Gasteiger partial charge < -0.3 is 15.8 Å². The summed E-state index contributed by atoms with van der Waals surface area (Å²) in [6, 6.07) is 0. The van der Waals surface area contributed by atoms with Gasteiger partial charge in [0, 0.05) is 13.2 Å². The van der Waals surface area contributed by atoms with Crippen LogP contribution >= 0.6 is 0 Å². The van der Waals surface area contributed by atoms with Crippen molar-refractivity contribution < 1.29 is 9.53 Å². The van der Waals surface area contributed by atoms with Gasteiger partial charge in [-0.3, -0.25) is 4.79 Å². The quantitative estimate of drug-likeness (QED) is 0.800. The van der Waals surface area contributed by atoms with Gasteiger partial charge >= 0.3 is 0 Å². The molecule has 2 aliphatic rings. The lowest BCUT2D eigenvalue weighted by molar-refractivity contribution is -0.127. The van der Waals surface area contributed by atoms with Crippen molar-refractivity contribution >= 4 is 5.91 Å². The lowest BCUT2D eigenvalue weighted by Crippen LogP contribution is -2.60. The average Bonchev–Trinajstić information content (AvgIpc) is 2.77. The van der Waals surface area contributed by atoms with Crippen LogP contribution in [0.15, 0.2) is 0 Å². The fraction of sp³-hybridized carbons (Fsp3) is 0.929. The van der Waals surface area contributed by atoms with Crippen molar-refractivity contribution in [2.24, 2.45) is 11.1 Å². The van der Waals surface area contributed by atoms with E-state index in [2.05, 4.69) is 19.2 Å². The maximum atomic E-state index is 11.9. The van der Waals surface area contributed by atoms with Gasteiger partial charge in [0.15, 0.2) is 0 Å². The van der Waals surface area contributed by atoms with Gasteiger partial charge in [-0.2, -0.15) is 0 Å². The highest BCUT2D eigenvalue weighted by atomic mass is 16.5. The fourth-order valence-electron chi connectivity index (χ4n) is 3.43. The standard InChI is InChI=1S/C14H26N2O2/c1-13(2)6-4-7-14(10-13,12(15)17)16-9-11-5-3-8-18-11/h11,16H,3-10H2,1-2H3,(H2,15,17). The SMILES string of the molecule is CC1(C)CCCC(NCC2CCCO2)(C(N)=O)C1. The number of amides is 1. The molecular weight excluding hydrogens is 228 g/mol. The molecule has 2 unspecified atom stereocenters. The largest absolute Gasteiger partial charge is 0.377 e. The van der Waals surface area contributed by atoms with E-state index >= 15 is 0 Å². The third kappa shape index (κ3) is 3.04. The van der Waals surface area contributed by atoms with E-state index in [0.29, 0.717) is 0 Å². The second-order valence-corrected chi connectivity index (χ2v) is 6.66. The first-order valence-electron chi connectivity index (χ1n) is 7.10. The molecule has 2 atom stereocenters. The summed E-state index contributed by atoms with van der Waals surface area (Å²) in [5, 5.41) is 3.43. The summed E-state index contributed by atoms with van der Waals surface area (Å²) in [5.41, 5.74) is 5.34. The van der Waals surface area contributed by atoms with Gasteiger partial charge in [-0.25, -0.2) is 0 Å². The van der Waals surface area contributed by atoms with Crippen LogP contribution in [0.3, 0.4) is 0 Å². The molecule has 3 N–H and O–H groups in total. The molecule has 104 valence electrons. The summed E-state index contributed by atoms with van der Waals surface area (Å²) in [6.45, 7) is 6.04. The van der Waals surface area contributed by atoms with E-state index in [1.165, 1.54) is 6.42 Å². The Labute approximate surface area is 110 Å². The maximum absolute atomic E-state index is 11.9. The summed E-state index contributed by atoms with van der Waals surface area (Å²) < 4.78 is 5.61. The molecule has 0 spiro atoms. The molecule has 1 saturated carbocycles. The van der Waals surface area contributed by atoms with E-state index in [-0.39, 0.29) is 17.4 Å². The van der Waals surface area contributed by atoms with Gasteiger partial charge in [-0.05, 0) is 37.5 Å². The second kappa shape index (κ2) is 5.17. The Morgan fingerprint density at radius 3 is 2.72 bits per heavy atom. The zero-order chi connectivity index (χ0) is 13.2. The highest BCUT2D eigenvalue weighted by Crippen LogP contribution is 2.40. The molecule has 2 rings (SSSR count). The van der Waals surface area contributed by atoms with E-state index in [9.17, 15) is 4.79 Å². The fourth-order valence-corrected chi connectivity index (χ4v) is 3.43. The molecule has 0 bridgehead atoms. The van der Waals surface area contributed by atoms with Crippen molar-refractivity contribution in [1.82, 2.24) is 5.32 Å². The summed E-state index contributed by atoms with van der Waals surface area (Å²) >= 11 is 0. The first kappa shape index (κ1) is 13.8. The number of nitrogens with two attached hydrogens (primary N) is 1. The molecular formula is C14H26N2O2. The van der Waals surface area contributed by atoms with Gasteiger partial charge in [0.05, 0.1) is 11.6 Å². The van der Waals surface area contributed by atoms with Crippen molar-refractivity contribution in [3.05, 3.63) is 0 Å². The number of hydrogen-bond donors (Lipinski definition) is 2. The van der Waals surface area contributed by atoms with E-state index in [0.717, 1.165) is 45.3 Å². The van der Waals surface area contributed by atoms with Crippen molar-refractivity contribution in [2.75, 3.05) is 13.2 Å². The zero-order valence-corrected chi connectivity index (χ0v) is 11.6. The monoisotopic (exact) mass is 254 g/mol. The van der Waals surface area contributed by atoms with Gasteiger partial charge in [0.25, 0.3) is 0 Å². The number of ether oxygens (including phenoxy) is 1. The Kier molecular flexibility index (Phi) is 3.97. The van der Waals surface area contributed by atoms with Crippen molar-refractivity contribution in [3.63, 3.8) is 0 Å².